The Kier molecular flexibility index (Phi) is 5.73. The van der Waals surface area contributed by atoms with Crippen LogP contribution in [0.5, 0.6) is 0 Å². The molecule has 1 N–H and O–H groups in total. The molecule has 1 saturated heterocycles. The van der Waals surface area contributed by atoms with Crippen molar-refractivity contribution in [1.82, 2.24) is 9.80 Å². The molecule has 2 aliphatic heterocycles. The smallest absolute Gasteiger partial charge is 0.326 e. The van der Waals surface area contributed by atoms with Crippen LogP contribution in [0.3, 0.4) is 0 Å². The maximum Gasteiger partial charge on any atom is 0.326 e. The van der Waals surface area contributed by atoms with Crippen LogP contribution in [-0.4, -0.2) is 82.7 Å². The second-order valence-electron chi connectivity index (χ2n) is 5.73. The van der Waals surface area contributed by atoms with E-state index in [0.717, 1.165) is 4.90 Å². The Morgan fingerprint density at radius 1 is 1.44 bits per heavy atom. The lowest BCUT2D eigenvalue weighted by molar-refractivity contribution is -0.161. The minimum atomic E-state index is -1.16. The quantitative estimate of drug-likeness (QED) is 0.498. The molecule has 0 spiro atoms. The Balaban J connectivity index is 2.36. The van der Waals surface area contributed by atoms with Crippen molar-refractivity contribution in [3.63, 3.8) is 0 Å². The van der Waals surface area contributed by atoms with Crippen LogP contribution >= 0.6 is 11.8 Å². The fourth-order valence-electron chi connectivity index (χ4n) is 2.54. The molecular weight excluding hydrogens is 352 g/mol. The summed E-state index contributed by atoms with van der Waals surface area (Å²) < 4.78 is 10.1. The predicted molar refractivity (Wildman–Crippen MR) is 87.4 cm³/mol. The van der Waals surface area contributed by atoms with Gasteiger partial charge in [-0.25, -0.2) is 4.79 Å². The lowest BCUT2D eigenvalue weighted by Crippen LogP contribution is -2.66. The van der Waals surface area contributed by atoms with E-state index in [0.29, 0.717) is 11.3 Å². The van der Waals surface area contributed by atoms with Gasteiger partial charge in [-0.1, -0.05) is 0 Å². The average molecular weight is 372 g/mol. The summed E-state index contributed by atoms with van der Waals surface area (Å²) in [4.78, 5) is 49.8. The van der Waals surface area contributed by atoms with E-state index in [2.05, 4.69) is 0 Å². The number of nitrogens with zero attached hydrogens (tertiary/aromatic N) is 2. The molecule has 1 fully saturated rings. The minimum absolute atomic E-state index is 0.0684. The lowest BCUT2D eigenvalue weighted by Gasteiger charge is -2.49. The van der Waals surface area contributed by atoms with Gasteiger partial charge >= 0.3 is 11.9 Å². The molecule has 0 aliphatic carbocycles. The molecule has 0 saturated carbocycles. The number of esters is 1. The molecule has 0 bridgehead atoms. The molecule has 10 heteroatoms. The number of carbonyl (C=O) groups excluding carboxylic acids is 3. The van der Waals surface area contributed by atoms with Gasteiger partial charge in [0.05, 0.1) is 0 Å². The molecule has 0 unspecified atom stereocenters. The zero-order chi connectivity index (χ0) is 18.9. The Hall–Kier alpha value is -2.07. The first-order valence-electron chi connectivity index (χ1n) is 7.53. The van der Waals surface area contributed by atoms with E-state index in [9.17, 15) is 19.2 Å². The molecule has 9 nitrogen and oxygen atoms in total. The molecule has 2 aliphatic rings. The number of carbonyl (C=O) groups is 4. The normalized spacial score (nSPS) is 23.5. The molecule has 2 rings (SSSR count). The summed E-state index contributed by atoms with van der Waals surface area (Å²) in [6.07, 6.45) is -0.648. The first-order chi connectivity index (χ1) is 11.7. The Morgan fingerprint density at radius 2 is 2.08 bits per heavy atom. The van der Waals surface area contributed by atoms with Gasteiger partial charge in [-0.05, 0) is 6.92 Å². The highest BCUT2D eigenvalue weighted by atomic mass is 32.2. The standard InChI is InChI=1S/C15H20N2O7S/c1-7(15(21)22)16(3)12(19)10-9(5-24-8(2)18)6-25-14-11(23-4)13(20)17(10)14/h7,11,14H,5-6H2,1-4H3,(H,21,22)/t7-,11-,14+/m0/s1. The van der Waals surface area contributed by atoms with Gasteiger partial charge in [-0.3, -0.25) is 19.3 Å². The van der Waals surface area contributed by atoms with Crippen LogP contribution in [0, 0.1) is 0 Å². The monoisotopic (exact) mass is 372 g/mol. The van der Waals surface area contributed by atoms with E-state index in [-0.39, 0.29) is 23.6 Å². The third-order valence-electron chi connectivity index (χ3n) is 4.16. The number of rotatable bonds is 6. The first-order valence-corrected chi connectivity index (χ1v) is 8.58. The van der Waals surface area contributed by atoms with E-state index in [1.54, 1.807) is 0 Å². The van der Waals surface area contributed by atoms with Crippen LogP contribution in [0.2, 0.25) is 0 Å². The van der Waals surface area contributed by atoms with Gasteiger partial charge in [-0.15, -0.1) is 11.8 Å². The van der Waals surface area contributed by atoms with E-state index >= 15 is 0 Å². The van der Waals surface area contributed by atoms with Crippen molar-refractivity contribution < 1.29 is 33.8 Å². The summed E-state index contributed by atoms with van der Waals surface area (Å²) in [6, 6.07) is -1.07. The lowest BCUT2D eigenvalue weighted by atomic mass is 10.0. The summed E-state index contributed by atoms with van der Waals surface area (Å²) in [5.41, 5.74) is 0.535. The zero-order valence-corrected chi connectivity index (χ0v) is 15.2. The number of carboxylic acids is 1. The highest BCUT2D eigenvalue weighted by molar-refractivity contribution is 8.00. The molecule has 0 aromatic carbocycles. The molecule has 0 aromatic rings. The van der Waals surface area contributed by atoms with Crippen molar-refractivity contribution in [2.45, 2.75) is 31.4 Å². The summed E-state index contributed by atoms with van der Waals surface area (Å²) in [7, 11) is 2.77. The Bertz CT molecular complexity index is 648. The Labute approximate surface area is 148 Å². The van der Waals surface area contributed by atoms with E-state index in [1.807, 2.05) is 0 Å². The fourth-order valence-corrected chi connectivity index (χ4v) is 3.89. The molecule has 3 atom stereocenters. The van der Waals surface area contributed by atoms with Gasteiger partial charge in [0.15, 0.2) is 6.10 Å². The third-order valence-corrected chi connectivity index (χ3v) is 5.48. The van der Waals surface area contributed by atoms with Crippen LogP contribution in [-0.2, 0) is 28.7 Å². The molecule has 2 amide bonds. The van der Waals surface area contributed by atoms with Gasteiger partial charge in [0, 0.05) is 32.4 Å². The van der Waals surface area contributed by atoms with Crippen molar-refractivity contribution in [2.24, 2.45) is 0 Å². The number of ether oxygens (including phenoxy) is 2. The second-order valence-corrected chi connectivity index (χ2v) is 6.83. The minimum Gasteiger partial charge on any atom is -0.480 e. The maximum absolute atomic E-state index is 12.8. The first kappa shape index (κ1) is 19.3. The topological polar surface area (TPSA) is 113 Å². The van der Waals surface area contributed by atoms with Crippen molar-refractivity contribution in [1.29, 1.82) is 0 Å². The van der Waals surface area contributed by atoms with E-state index in [1.165, 1.54) is 44.7 Å². The number of β-lactam (4-membered cyclic amide) rings is 1. The van der Waals surface area contributed by atoms with Crippen molar-refractivity contribution >= 4 is 35.5 Å². The van der Waals surface area contributed by atoms with Crippen LogP contribution in [0.25, 0.3) is 0 Å². The van der Waals surface area contributed by atoms with Gasteiger partial charge in [0.1, 0.15) is 23.7 Å². The van der Waals surface area contributed by atoms with Gasteiger partial charge in [0.2, 0.25) is 0 Å². The van der Waals surface area contributed by atoms with Crippen molar-refractivity contribution in [3.05, 3.63) is 11.3 Å². The molecule has 0 aromatic heterocycles. The van der Waals surface area contributed by atoms with Crippen LogP contribution in [0.1, 0.15) is 13.8 Å². The average Bonchev–Trinajstić information content (AvgIpc) is 2.57. The predicted octanol–water partition coefficient (Wildman–Crippen LogP) is -0.335. The van der Waals surface area contributed by atoms with Crippen LogP contribution in [0.15, 0.2) is 11.3 Å². The third kappa shape index (κ3) is 3.49. The SMILES string of the molecule is CO[C@H]1C(=O)N2C(C(=O)N(C)[C@@H](C)C(=O)O)=C(COC(C)=O)CS[C@H]12. The number of amides is 2. The fraction of sp³-hybridized carbons (Fsp3) is 0.600. The number of hydrogen-bond acceptors (Lipinski definition) is 7. The zero-order valence-electron chi connectivity index (χ0n) is 14.3. The second kappa shape index (κ2) is 7.44. The number of fused-ring (bicyclic) bond motifs is 1. The van der Waals surface area contributed by atoms with Gasteiger partial charge < -0.3 is 19.5 Å². The van der Waals surface area contributed by atoms with Crippen LogP contribution < -0.4 is 0 Å². The van der Waals surface area contributed by atoms with E-state index < -0.39 is 30.0 Å². The number of methoxy groups -OCH3 is 1. The molecule has 2 heterocycles. The number of aliphatic carboxylic acids is 1. The van der Waals surface area contributed by atoms with Gasteiger partial charge in [0.25, 0.3) is 11.8 Å². The number of likely N-dealkylation sites (N-methyl/N-ethyl adjacent to an activating group) is 1. The van der Waals surface area contributed by atoms with Crippen molar-refractivity contribution in [3.8, 4) is 0 Å². The molecule has 0 radical (unpaired) electrons. The summed E-state index contributed by atoms with van der Waals surface area (Å²) in [5.74, 6) is -2.28. The van der Waals surface area contributed by atoms with Gasteiger partial charge in [-0.2, -0.15) is 0 Å². The number of hydrogen-bond donors (Lipinski definition) is 1. The maximum atomic E-state index is 12.8. The van der Waals surface area contributed by atoms with Crippen molar-refractivity contribution in [2.75, 3.05) is 26.5 Å². The highest BCUT2D eigenvalue weighted by Gasteiger charge is 2.54. The molecule has 25 heavy (non-hydrogen) atoms. The summed E-state index contributed by atoms with van der Waals surface area (Å²) in [5, 5.41) is 8.77. The largest absolute Gasteiger partial charge is 0.480 e. The summed E-state index contributed by atoms with van der Waals surface area (Å²) in [6.45, 7) is 2.49. The number of thioether (sulfide) groups is 1. The Morgan fingerprint density at radius 3 is 2.60 bits per heavy atom. The highest BCUT2D eigenvalue weighted by Crippen LogP contribution is 2.42. The number of carboxylic acid groups (broad SMARTS) is 1. The molecule has 138 valence electrons. The van der Waals surface area contributed by atoms with Crippen LogP contribution in [0.4, 0.5) is 0 Å². The summed E-state index contributed by atoms with van der Waals surface area (Å²) >= 11 is 1.40. The van der Waals surface area contributed by atoms with E-state index in [4.69, 9.17) is 14.6 Å². The molecular formula is C15H20N2O7S.